The Hall–Kier alpha value is -1.88. The van der Waals surface area contributed by atoms with Gasteiger partial charge in [-0.15, -0.1) is 0 Å². The molecule has 21 heavy (non-hydrogen) atoms. The summed E-state index contributed by atoms with van der Waals surface area (Å²) in [6.45, 7) is 2.51. The molecular formula is C16H24N3O2+. The maximum atomic E-state index is 11.9. The topological polar surface area (TPSA) is 62.6 Å². The third-order valence-corrected chi connectivity index (χ3v) is 3.82. The Balaban J connectivity index is 1.72. The van der Waals surface area contributed by atoms with Gasteiger partial charge >= 0.3 is 0 Å². The van der Waals surface area contributed by atoms with Gasteiger partial charge in [-0.05, 0) is 37.8 Å². The summed E-state index contributed by atoms with van der Waals surface area (Å²) in [5.74, 6) is -0.415. The number of nitrogens with one attached hydrogen (secondary N) is 3. The van der Waals surface area contributed by atoms with Crippen molar-refractivity contribution in [3.63, 3.8) is 0 Å². The van der Waals surface area contributed by atoms with Gasteiger partial charge in [0.15, 0.2) is 6.54 Å². The molecule has 2 amide bonds. The zero-order chi connectivity index (χ0) is 14.9. The summed E-state index contributed by atoms with van der Waals surface area (Å²) in [4.78, 5) is 25.0. The minimum Gasteiger partial charge on any atom is -0.327 e. The van der Waals surface area contributed by atoms with Gasteiger partial charge in [0.2, 0.25) is 0 Å². The lowest BCUT2D eigenvalue weighted by Gasteiger charge is -2.21. The lowest BCUT2D eigenvalue weighted by Crippen LogP contribution is -3.13. The quantitative estimate of drug-likeness (QED) is 0.701. The van der Waals surface area contributed by atoms with E-state index in [1.54, 1.807) is 24.3 Å². The van der Waals surface area contributed by atoms with Crippen molar-refractivity contribution < 1.29 is 14.5 Å². The van der Waals surface area contributed by atoms with Crippen LogP contribution >= 0.6 is 0 Å². The summed E-state index contributed by atoms with van der Waals surface area (Å²) in [5.41, 5.74) is 5.51. The summed E-state index contributed by atoms with van der Waals surface area (Å²) in [6.07, 6.45) is 6.19. The number of benzene rings is 1. The molecule has 114 valence electrons. The second-order valence-electron chi connectivity index (χ2n) is 5.56. The zero-order valence-corrected chi connectivity index (χ0v) is 12.4. The molecular weight excluding hydrogens is 266 g/mol. The molecule has 5 heteroatoms. The van der Waals surface area contributed by atoms with Gasteiger partial charge in [0.1, 0.15) is 0 Å². The largest absolute Gasteiger partial charge is 0.327 e. The Bertz CT molecular complexity index is 454. The van der Waals surface area contributed by atoms with E-state index in [0.717, 1.165) is 13.1 Å². The summed E-state index contributed by atoms with van der Waals surface area (Å²) in [7, 11) is 0. The number of hydrogen-bond donors (Lipinski definition) is 3. The number of quaternary nitrogens is 1. The Kier molecular flexibility index (Phi) is 6.22. The fraction of sp³-hybridized carbons (Fsp3) is 0.500. The molecule has 0 spiro atoms. The highest BCUT2D eigenvalue weighted by Gasteiger charge is 2.16. The first-order chi connectivity index (χ1) is 10.3. The van der Waals surface area contributed by atoms with Crippen LogP contribution in [0.4, 0.5) is 0 Å². The van der Waals surface area contributed by atoms with Crippen molar-refractivity contribution in [3.8, 4) is 0 Å². The standard InChI is InChI=1S/C16H23N3O2/c20-15(13-19-11-7-2-1-3-8-12-19)17-18-16(21)14-9-5-4-6-10-14/h4-6,9-10H,1-3,7-8,11-13H2,(H,17,20)(H,18,21)/p+1. The van der Waals surface area contributed by atoms with E-state index in [1.807, 2.05) is 6.07 Å². The maximum Gasteiger partial charge on any atom is 0.293 e. The molecule has 0 saturated carbocycles. The Morgan fingerprint density at radius 2 is 1.52 bits per heavy atom. The average Bonchev–Trinajstić information content (AvgIpc) is 2.48. The molecule has 0 radical (unpaired) electrons. The van der Waals surface area contributed by atoms with Crippen LogP contribution in [0.3, 0.4) is 0 Å². The molecule has 1 heterocycles. The van der Waals surface area contributed by atoms with Gasteiger partial charge in [0.05, 0.1) is 13.1 Å². The van der Waals surface area contributed by atoms with Crippen LogP contribution in [-0.2, 0) is 4.79 Å². The molecule has 1 aliphatic rings. The van der Waals surface area contributed by atoms with Gasteiger partial charge in [-0.2, -0.15) is 0 Å². The van der Waals surface area contributed by atoms with E-state index in [-0.39, 0.29) is 11.8 Å². The first-order valence-corrected chi connectivity index (χ1v) is 7.73. The number of rotatable bonds is 3. The van der Waals surface area contributed by atoms with E-state index >= 15 is 0 Å². The van der Waals surface area contributed by atoms with E-state index in [2.05, 4.69) is 10.9 Å². The van der Waals surface area contributed by atoms with Crippen LogP contribution in [-0.4, -0.2) is 31.4 Å². The van der Waals surface area contributed by atoms with Gasteiger partial charge in [0.25, 0.3) is 11.8 Å². The zero-order valence-electron chi connectivity index (χ0n) is 12.4. The number of amides is 2. The number of hydrogen-bond acceptors (Lipinski definition) is 2. The highest BCUT2D eigenvalue weighted by molar-refractivity contribution is 5.95. The van der Waals surface area contributed by atoms with Crippen LogP contribution in [0, 0.1) is 0 Å². The van der Waals surface area contributed by atoms with E-state index in [0.29, 0.717) is 12.1 Å². The monoisotopic (exact) mass is 290 g/mol. The summed E-state index contributed by atoms with van der Waals surface area (Å²) >= 11 is 0. The van der Waals surface area contributed by atoms with Gasteiger partial charge in [-0.3, -0.25) is 20.4 Å². The molecule has 1 aromatic rings. The summed E-state index contributed by atoms with van der Waals surface area (Å²) in [6, 6.07) is 8.86. The Labute approximate surface area is 125 Å². The second kappa shape index (κ2) is 8.42. The highest BCUT2D eigenvalue weighted by Crippen LogP contribution is 2.02. The van der Waals surface area contributed by atoms with Crippen molar-refractivity contribution in [1.29, 1.82) is 0 Å². The molecule has 2 rings (SSSR count). The van der Waals surface area contributed by atoms with Crippen molar-refractivity contribution in [2.45, 2.75) is 32.1 Å². The number of hydrazine groups is 1. The van der Waals surface area contributed by atoms with Crippen LogP contribution < -0.4 is 15.8 Å². The highest BCUT2D eigenvalue weighted by atomic mass is 16.2. The van der Waals surface area contributed by atoms with Crippen molar-refractivity contribution >= 4 is 11.8 Å². The molecule has 1 fully saturated rings. The van der Waals surface area contributed by atoms with E-state index in [9.17, 15) is 9.59 Å². The molecule has 0 unspecified atom stereocenters. The average molecular weight is 290 g/mol. The Morgan fingerprint density at radius 1 is 0.905 bits per heavy atom. The molecule has 3 N–H and O–H groups in total. The van der Waals surface area contributed by atoms with Crippen LogP contribution in [0.1, 0.15) is 42.5 Å². The van der Waals surface area contributed by atoms with Crippen molar-refractivity contribution in [1.82, 2.24) is 10.9 Å². The normalized spacial score (nSPS) is 16.6. The van der Waals surface area contributed by atoms with Crippen LogP contribution in [0.25, 0.3) is 0 Å². The first-order valence-electron chi connectivity index (χ1n) is 7.73. The van der Waals surface area contributed by atoms with E-state index in [4.69, 9.17) is 0 Å². The third-order valence-electron chi connectivity index (χ3n) is 3.82. The van der Waals surface area contributed by atoms with Crippen molar-refractivity contribution in [2.24, 2.45) is 0 Å². The molecule has 1 aliphatic heterocycles. The lowest BCUT2D eigenvalue weighted by atomic mass is 10.1. The maximum absolute atomic E-state index is 11.9. The molecule has 5 nitrogen and oxygen atoms in total. The van der Waals surface area contributed by atoms with Crippen molar-refractivity contribution in [2.75, 3.05) is 19.6 Å². The smallest absolute Gasteiger partial charge is 0.293 e. The SMILES string of the molecule is O=C(C[NH+]1CCCCCCC1)NNC(=O)c1ccccc1. The molecule has 1 saturated heterocycles. The summed E-state index contributed by atoms with van der Waals surface area (Å²) < 4.78 is 0. The minimum absolute atomic E-state index is 0.130. The van der Waals surface area contributed by atoms with Gasteiger partial charge in [0, 0.05) is 5.56 Å². The predicted octanol–water partition coefficient (Wildman–Crippen LogP) is 0.297. The molecule has 1 aromatic carbocycles. The van der Waals surface area contributed by atoms with Gasteiger partial charge in [-0.25, -0.2) is 0 Å². The summed E-state index contributed by atoms with van der Waals surface area (Å²) in [5, 5.41) is 0. The molecule has 0 aliphatic carbocycles. The number of carbonyl (C=O) groups is 2. The van der Waals surface area contributed by atoms with Crippen LogP contribution in [0.2, 0.25) is 0 Å². The lowest BCUT2D eigenvalue weighted by molar-refractivity contribution is -0.893. The molecule has 0 aromatic heterocycles. The van der Waals surface area contributed by atoms with E-state index in [1.165, 1.54) is 37.0 Å². The van der Waals surface area contributed by atoms with Gasteiger partial charge in [-0.1, -0.05) is 24.6 Å². The number of likely N-dealkylation sites (tertiary alicyclic amines) is 1. The van der Waals surface area contributed by atoms with Crippen LogP contribution in [0.5, 0.6) is 0 Å². The van der Waals surface area contributed by atoms with Gasteiger partial charge < -0.3 is 4.90 Å². The fourth-order valence-electron chi connectivity index (χ4n) is 2.64. The molecule has 0 bridgehead atoms. The number of carbonyl (C=O) groups excluding carboxylic acids is 2. The predicted molar refractivity (Wildman–Crippen MR) is 80.7 cm³/mol. The minimum atomic E-state index is -0.286. The first kappa shape index (κ1) is 15.5. The second-order valence-corrected chi connectivity index (χ2v) is 5.56. The van der Waals surface area contributed by atoms with Crippen LogP contribution in [0.15, 0.2) is 30.3 Å². The Morgan fingerprint density at radius 3 is 2.19 bits per heavy atom. The van der Waals surface area contributed by atoms with Crippen molar-refractivity contribution in [3.05, 3.63) is 35.9 Å². The van der Waals surface area contributed by atoms with E-state index < -0.39 is 0 Å². The third kappa shape index (κ3) is 5.55. The fourth-order valence-corrected chi connectivity index (χ4v) is 2.64. The molecule has 0 atom stereocenters.